The minimum atomic E-state index is -0.882. The van der Waals surface area contributed by atoms with E-state index in [4.69, 9.17) is 4.74 Å². The second-order valence-electron chi connectivity index (χ2n) is 11.1. The number of nitrogens with zero attached hydrogens (tertiary/aromatic N) is 3. The molecule has 186 valence electrons. The Morgan fingerprint density at radius 2 is 1.75 bits per heavy atom. The van der Waals surface area contributed by atoms with Crippen LogP contribution in [0.15, 0.2) is 42.7 Å². The van der Waals surface area contributed by atoms with Crippen molar-refractivity contribution in [2.45, 2.75) is 68.7 Å². The number of fused-ring (bicyclic) bond motifs is 3. The Balaban J connectivity index is 1.04. The number of piperidine rings is 2. The quantitative estimate of drug-likeness (QED) is 0.654. The zero-order chi connectivity index (χ0) is 24.4. The topological polar surface area (TPSA) is 91.8 Å². The lowest BCUT2D eigenvalue weighted by Crippen LogP contribution is -2.73. The summed E-state index contributed by atoms with van der Waals surface area (Å²) in [6.07, 6.45) is 9.29. The molecule has 0 spiro atoms. The molecule has 3 saturated heterocycles. The van der Waals surface area contributed by atoms with E-state index in [0.29, 0.717) is 36.9 Å². The molecule has 6 aliphatic rings. The average Bonchev–Trinajstić information content (AvgIpc) is 3.15. The monoisotopic (exact) mass is 486 g/mol. The lowest BCUT2D eigenvalue weighted by molar-refractivity contribution is -0.160. The van der Waals surface area contributed by atoms with E-state index >= 15 is 0 Å². The van der Waals surface area contributed by atoms with Gasteiger partial charge in [-0.2, -0.15) is 0 Å². The lowest BCUT2D eigenvalue weighted by atomic mass is 9.63. The van der Waals surface area contributed by atoms with Crippen molar-refractivity contribution in [3.63, 3.8) is 0 Å². The van der Waals surface area contributed by atoms with Gasteiger partial charge in [-0.3, -0.25) is 29.6 Å². The van der Waals surface area contributed by atoms with Gasteiger partial charge >= 0.3 is 0 Å². The Labute approximate surface area is 210 Å². The van der Waals surface area contributed by atoms with Crippen molar-refractivity contribution in [1.29, 1.82) is 0 Å². The van der Waals surface area contributed by atoms with Crippen LogP contribution in [0.2, 0.25) is 0 Å². The summed E-state index contributed by atoms with van der Waals surface area (Å²) < 4.78 is 6.57. The van der Waals surface area contributed by atoms with Crippen molar-refractivity contribution in [3.8, 4) is 5.75 Å². The van der Waals surface area contributed by atoms with Crippen molar-refractivity contribution in [3.05, 3.63) is 59.4 Å². The number of amides is 3. The van der Waals surface area contributed by atoms with Gasteiger partial charge in [0.2, 0.25) is 5.91 Å². The number of likely N-dealkylation sites (tertiary alicyclic amines) is 1. The Kier molecular flexibility index (Phi) is 4.96. The number of rotatable bonds is 5. The van der Waals surface area contributed by atoms with Crippen LogP contribution in [0.5, 0.6) is 5.75 Å². The summed E-state index contributed by atoms with van der Waals surface area (Å²) in [5, 5.41) is 2.45. The third kappa shape index (κ3) is 3.30. The predicted octanol–water partition coefficient (Wildman–Crippen LogP) is 2.63. The SMILES string of the molecule is O=C1NC(=O)C2(N3Cc4cc(O[C@@H]5CCCC[C@H]5N5CC(c6ccncc6)C5)ccc4C3=O)CC1C2. The maximum absolute atomic E-state index is 13.2. The number of hydrogen-bond donors (Lipinski definition) is 1. The first-order chi connectivity index (χ1) is 17.5. The molecular formula is C28H30N4O4. The maximum atomic E-state index is 13.2. The first-order valence-corrected chi connectivity index (χ1v) is 13.1. The zero-order valence-corrected chi connectivity index (χ0v) is 20.2. The van der Waals surface area contributed by atoms with Gasteiger partial charge in [-0.1, -0.05) is 6.42 Å². The van der Waals surface area contributed by atoms with E-state index in [1.165, 1.54) is 12.0 Å². The number of hydrogen-bond acceptors (Lipinski definition) is 6. The average molecular weight is 487 g/mol. The first kappa shape index (κ1) is 22.0. The van der Waals surface area contributed by atoms with Crippen LogP contribution in [0.4, 0.5) is 0 Å². The molecule has 3 amide bonds. The molecule has 2 bridgehead atoms. The summed E-state index contributed by atoms with van der Waals surface area (Å²) >= 11 is 0. The van der Waals surface area contributed by atoms with Crippen molar-refractivity contribution < 1.29 is 19.1 Å². The zero-order valence-electron chi connectivity index (χ0n) is 20.2. The number of nitrogens with one attached hydrogen (secondary N) is 1. The smallest absolute Gasteiger partial charge is 0.255 e. The van der Waals surface area contributed by atoms with Crippen molar-refractivity contribution in [1.82, 2.24) is 20.1 Å². The molecule has 2 saturated carbocycles. The second-order valence-corrected chi connectivity index (χ2v) is 11.1. The van der Waals surface area contributed by atoms with Gasteiger partial charge in [0.15, 0.2) is 0 Å². The van der Waals surface area contributed by atoms with Gasteiger partial charge in [0.25, 0.3) is 11.8 Å². The molecule has 8 nitrogen and oxygen atoms in total. The highest BCUT2D eigenvalue weighted by molar-refractivity contribution is 6.10. The Morgan fingerprint density at radius 1 is 0.972 bits per heavy atom. The first-order valence-electron chi connectivity index (χ1n) is 13.1. The second kappa shape index (κ2) is 8.13. The lowest BCUT2D eigenvalue weighted by Gasteiger charge is -2.53. The highest BCUT2D eigenvalue weighted by Gasteiger charge is 2.63. The van der Waals surface area contributed by atoms with Gasteiger partial charge in [0.1, 0.15) is 17.4 Å². The van der Waals surface area contributed by atoms with Gasteiger partial charge in [0, 0.05) is 55.5 Å². The van der Waals surface area contributed by atoms with E-state index in [-0.39, 0.29) is 29.7 Å². The number of pyridine rings is 1. The number of imide groups is 1. The molecule has 8 heteroatoms. The summed E-state index contributed by atoms with van der Waals surface area (Å²) in [6, 6.07) is 10.3. The van der Waals surface area contributed by atoms with E-state index in [1.807, 2.05) is 30.6 Å². The third-order valence-corrected chi connectivity index (χ3v) is 9.11. The largest absolute Gasteiger partial charge is 0.489 e. The van der Waals surface area contributed by atoms with Gasteiger partial charge in [0.05, 0.1) is 0 Å². The van der Waals surface area contributed by atoms with Crippen LogP contribution in [-0.2, 0) is 16.1 Å². The van der Waals surface area contributed by atoms with Crippen molar-refractivity contribution >= 4 is 17.7 Å². The summed E-state index contributed by atoms with van der Waals surface area (Å²) in [5.41, 5.74) is 2.00. The third-order valence-electron chi connectivity index (χ3n) is 9.11. The number of benzene rings is 1. The van der Waals surface area contributed by atoms with E-state index in [0.717, 1.165) is 43.7 Å². The summed E-state index contributed by atoms with van der Waals surface area (Å²) in [5.74, 6) is 0.512. The molecule has 0 radical (unpaired) electrons. The fourth-order valence-corrected chi connectivity index (χ4v) is 6.95. The van der Waals surface area contributed by atoms with Crippen LogP contribution in [0.1, 0.15) is 65.9 Å². The van der Waals surface area contributed by atoms with Crippen molar-refractivity contribution in [2.75, 3.05) is 13.1 Å². The van der Waals surface area contributed by atoms with Crippen LogP contribution >= 0.6 is 0 Å². The van der Waals surface area contributed by atoms with E-state index in [2.05, 4.69) is 27.3 Å². The molecule has 8 rings (SSSR count). The van der Waals surface area contributed by atoms with Gasteiger partial charge < -0.3 is 9.64 Å². The van der Waals surface area contributed by atoms with Crippen LogP contribution in [-0.4, -0.2) is 63.3 Å². The van der Waals surface area contributed by atoms with Crippen LogP contribution in [0.3, 0.4) is 0 Å². The molecule has 0 unspecified atom stereocenters. The van der Waals surface area contributed by atoms with Crippen LogP contribution < -0.4 is 10.1 Å². The minimum absolute atomic E-state index is 0.127. The molecule has 1 N–H and O–H groups in total. The summed E-state index contributed by atoms with van der Waals surface area (Å²) in [6.45, 7) is 2.49. The number of carbonyl (C=O) groups excluding carboxylic acids is 3. The Hall–Kier alpha value is -3.26. The summed E-state index contributed by atoms with van der Waals surface area (Å²) in [4.78, 5) is 46.1. The van der Waals surface area contributed by atoms with Gasteiger partial charge in [-0.25, -0.2) is 0 Å². The van der Waals surface area contributed by atoms with E-state index < -0.39 is 5.54 Å². The molecule has 2 aromatic rings. The fraction of sp³-hybridized carbons (Fsp3) is 0.500. The standard InChI is InChI=1S/C28H30N4O4/c33-25-19-12-28(13-19,27(35)30-25)32-16-18-11-21(5-6-22(18)26(32)34)36-24-4-2-1-3-23(24)31-14-20(15-31)17-7-9-29-10-8-17/h5-11,19-20,23-24H,1-4,12-16H2,(H,30,33,35)/t19?,23-,24-,28?/m1/s1. The highest BCUT2D eigenvalue weighted by Crippen LogP contribution is 2.49. The molecule has 36 heavy (non-hydrogen) atoms. The fourth-order valence-electron chi connectivity index (χ4n) is 6.95. The highest BCUT2D eigenvalue weighted by atomic mass is 16.5. The molecule has 1 aromatic heterocycles. The van der Waals surface area contributed by atoms with E-state index in [1.54, 1.807) is 4.90 Å². The number of ether oxygens (including phenoxy) is 1. The molecule has 2 atom stereocenters. The molecule has 2 aliphatic carbocycles. The molecule has 5 fully saturated rings. The molecule has 5 heterocycles. The van der Waals surface area contributed by atoms with Crippen LogP contribution in [0, 0.1) is 5.92 Å². The predicted molar refractivity (Wildman–Crippen MR) is 130 cm³/mol. The van der Waals surface area contributed by atoms with Crippen LogP contribution in [0.25, 0.3) is 0 Å². The minimum Gasteiger partial charge on any atom is -0.489 e. The maximum Gasteiger partial charge on any atom is 0.255 e. The normalized spacial score (nSPS) is 31.9. The van der Waals surface area contributed by atoms with Gasteiger partial charge in [-0.05, 0) is 73.6 Å². The molecular weight excluding hydrogens is 456 g/mol. The summed E-state index contributed by atoms with van der Waals surface area (Å²) in [7, 11) is 0. The van der Waals surface area contributed by atoms with Crippen molar-refractivity contribution in [2.24, 2.45) is 5.92 Å². The molecule has 4 aliphatic heterocycles. The Morgan fingerprint density at radius 3 is 2.53 bits per heavy atom. The number of aromatic nitrogens is 1. The number of carbonyl (C=O) groups is 3. The van der Waals surface area contributed by atoms with Gasteiger partial charge in [-0.15, -0.1) is 0 Å². The molecule has 1 aromatic carbocycles. The van der Waals surface area contributed by atoms with E-state index in [9.17, 15) is 14.4 Å². The Bertz CT molecular complexity index is 1240.